The van der Waals surface area contributed by atoms with E-state index in [1.54, 1.807) is 31.2 Å². The topological polar surface area (TPSA) is 54.4 Å². The molecular weight excluding hydrogens is 418 g/mol. The predicted molar refractivity (Wildman–Crippen MR) is 104 cm³/mol. The van der Waals surface area contributed by atoms with E-state index in [4.69, 9.17) is 46.4 Å². The Hall–Kier alpha value is -1.26. The number of phenols is 1. The minimum absolute atomic E-state index is 0.0204. The molecule has 0 heterocycles. The van der Waals surface area contributed by atoms with Crippen molar-refractivity contribution >= 4 is 58.0 Å². The second-order valence-electron chi connectivity index (χ2n) is 6.36. The predicted octanol–water partition coefficient (Wildman–Crippen LogP) is 5.10. The van der Waals surface area contributed by atoms with Crippen LogP contribution in [0.2, 0.25) is 0 Å². The minimum Gasteiger partial charge on any atom is -0.507 e. The van der Waals surface area contributed by atoms with Gasteiger partial charge in [-0.05, 0) is 24.5 Å². The van der Waals surface area contributed by atoms with Crippen LogP contribution in [0.15, 0.2) is 52.6 Å². The summed E-state index contributed by atoms with van der Waals surface area (Å²) in [5.41, 5.74) is 1.52. The minimum atomic E-state index is -1.95. The Balaban J connectivity index is 2.38. The molecule has 2 aliphatic carbocycles. The van der Waals surface area contributed by atoms with E-state index in [0.29, 0.717) is 16.7 Å². The first kappa shape index (κ1) is 19.5. The molecule has 2 aliphatic rings. The maximum Gasteiger partial charge on any atom is 0.199 e. The van der Waals surface area contributed by atoms with Gasteiger partial charge in [0.15, 0.2) is 11.6 Å². The average Bonchev–Trinajstić information content (AvgIpc) is 2.63. The SMILES string of the molecule is C=CC1=CC[C@@]2(Cl)C(=O)C(Cl)=C(Cl)C(=O)[C@@]2(Cl)[C@H]1c1cccc(C)c1O. The number of alkyl halides is 2. The first-order valence-corrected chi connectivity index (χ1v) is 9.26. The largest absolute Gasteiger partial charge is 0.507 e. The number of carbonyl (C=O) groups is 2. The van der Waals surface area contributed by atoms with Crippen LogP contribution in [0.5, 0.6) is 5.75 Å². The van der Waals surface area contributed by atoms with Gasteiger partial charge in [0.25, 0.3) is 0 Å². The number of hydrogen-bond acceptors (Lipinski definition) is 3. The smallest absolute Gasteiger partial charge is 0.199 e. The Kier molecular flexibility index (Phi) is 4.81. The number of ketones is 2. The zero-order valence-corrected chi connectivity index (χ0v) is 16.7. The summed E-state index contributed by atoms with van der Waals surface area (Å²) in [6.07, 6.45) is 3.19. The lowest BCUT2D eigenvalue weighted by molar-refractivity contribution is -0.127. The summed E-state index contributed by atoms with van der Waals surface area (Å²) in [4.78, 5) is 22.1. The van der Waals surface area contributed by atoms with Crippen LogP contribution in [-0.4, -0.2) is 26.4 Å². The highest BCUT2D eigenvalue weighted by Gasteiger charge is 2.68. The number of rotatable bonds is 2. The van der Waals surface area contributed by atoms with Gasteiger partial charge in [0.1, 0.15) is 25.6 Å². The average molecular weight is 432 g/mol. The van der Waals surface area contributed by atoms with Crippen LogP contribution in [0.25, 0.3) is 0 Å². The Labute approximate surface area is 170 Å². The fourth-order valence-electron chi connectivity index (χ4n) is 3.59. The summed E-state index contributed by atoms with van der Waals surface area (Å²) in [5, 5.41) is 9.71. The number of aromatic hydroxyl groups is 1. The van der Waals surface area contributed by atoms with E-state index >= 15 is 0 Å². The van der Waals surface area contributed by atoms with Crippen LogP contribution in [0.4, 0.5) is 0 Å². The normalized spacial score (nSPS) is 31.6. The van der Waals surface area contributed by atoms with Gasteiger partial charge in [-0.15, -0.1) is 23.2 Å². The number of hydrogen-bond donors (Lipinski definition) is 1. The molecule has 0 aliphatic heterocycles. The fourth-order valence-corrected chi connectivity index (χ4v) is 5.04. The number of fused-ring (bicyclic) bond motifs is 1. The summed E-state index contributed by atoms with van der Waals surface area (Å²) in [5.74, 6) is -2.43. The van der Waals surface area contributed by atoms with E-state index in [1.165, 1.54) is 6.08 Å². The molecule has 3 atom stereocenters. The third-order valence-corrected chi connectivity index (χ3v) is 7.28. The highest BCUT2D eigenvalue weighted by molar-refractivity contribution is 6.66. The number of benzene rings is 1. The summed E-state index contributed by atoms with van der Waals surface area (Å²) < 4.78 is 0. The van der Waals surface area contributed by atoms with Gasteiger partial charge >= 0.3 is 0 Å². The molecular formula is C19H14Cl4O3. The van der Waals surface area contributed by atoms with Crippen LogP contribution in [0, 0.1) is 6.92 Å². The Morgan fingerprint density at radius 1 is 1.19 bits per heavy atom. The van der Waals surface area contributed by atoms with Crippen LogP contribution in [0.1, 0.15) is 23.5 Å². The lowest BCUT2D eigenvalue weighted by atomic mass is 9.62. The van der Waals surface area contributed by atoms with Gasteiger partial charge in [-0.2, -0.15) is 0 Å². The molecule has 0 amide bonds. The van der Waals surface area contributed by atoms with Crippen LogP contribution >= 0.6 is 46.4 Å². The van der Waals surface area contributed by atoms with Gasteiger partial charge in [0.2, 0.25) is 0 Å². The monoisotopic (exact) mass is 430 g/mol. The molecule has 26 heavy (non-hydrogen) atoms. The molecule has 136 valence electrons. The number of halogens is 4. The van der Waals surface area contributed by atoms with E-state index in [-0.39, 0.29) is 12.2 Å². The molecule has 0 unspecified atom stereocenters. The number of aryl methyl sites for hydroxylation is 1. The second kappa shape index (κ2) is 6.42. The fraction of sp³-hybridized carbons (Fsp3) is 0.263. The molecule has 1 aromatic rings. The van der Waals surface area contributed by atoms with E-state index < -0.39 is 37.3 Å². The summed E-state index contributed by atoms with van der Waals surface area (Å²) in [6.45, 7) is 5.48. The van der Waals surface area contributed by atoms with Crippen molar-refractivity contribution in [1.29, 1.82) is 0 Å². The highest BCUT2D eigenvalue weighted by atomic mass is 35.5. The maximum absolute atomic E-state index is 13.1. The van der Waals surface area contributed by atoms with E-state index in [2.05, 4.69) is 6.58 Å². The van der Waals surface area contributed by atoms with E-state index in [9.17, 15) is 14.7 Å². The highest BCUT2D eigenvalue weighted by Crippen LogP contribution is 2.60. The maximum atomic E-state index is 13.1. The lowest BCUT2D eigenvalue weighted by Crippen LogP contribution is -2.64. The quantitative estimate of drug-likeness (QED) is 0.663. The van der Waals surface area contributed by atoms with E-state index in [0.717, 1.165) is 0 Å². The van der Waals surface area contributed by atoms with E-state index in [1.807, 2.05) is 0 Å². The zero-order chi connectivity index (χ0) is 19.4. The standard InChI is InChI=1S/C19H14Cl4O3/c1-3-10-7-8-18(22)16(25)13(20)14(21)17(26)19(18,23)12(10)11-6-4-5-9(2)15(11)24/h3-7,12,24H,1,8H2,2H3/t12-,18-,19+/m1/s1. The van der Waals surface area contributed by atoms with Crippen LogP contribution in [0.3, 0.4) is 0 Å². The van der Waals surface area contributed by atoms with Crippen molar-refractivity contribution in [2.24, 2.45) is 0 Å². The van der Waals surface area contributed by atoms with Crippen molar-refractivity contribution in [2.45, 2.75) is 29.0 Å². The summed E-state index contributed by atoms with van der Waals surface area (Å²) >= 11 is 25.5. The number of allylic oxidation sites excluding steroid dienone is 5. The second-order valence-corrected chi connectivity index (χ2v) is 8.35. The van der Waals surface area contributed by atoms with Gasteiger partial charge in [-0.3, -0.25) is 9.59 Å². The molecule has 0 bridgehead atoms. The van der Waals surface area contributed by atoms with Crippen LogP contribution < -0.4 is 0 Å². The van der Waals surface area contributed by atoms with Crippen molar-refractivity contribution in [3.8, 4) is 5.75 Å². The van der Waals surface area contributed by atoms with Crippen molar-refractivity contribution in [3.05, 3.63) is 63.7 Å². The molecule has 1 aromatic carbocycles. The third-order valence-electron chi connectivity index (χ3n) is 5.02. The molecule has 0 radical (unpaired) electrons. The molecule has 0 fully saturated rings. The lowest BCUT2D eigenvalue weighted by Gasteiger charge is -2.50. The van der Waals surface area contributed by atoms with Gasteiger partial charge in [-0.1, -0.05) is 60.1 Å². The van der Waals surface area contributed by atoms with Crippen molar-refractivity contribution in [2.75, 3.05) is 0 Å². The molecule has 3 rings (SSSR count). The Morgan fingerprint density at radius 3 is 2.42 bits per heavy atom. The first-order valence-electron chi connectivity index (χ1n) is 7.75. The molecule has 1 N–H and O–H groups in total. The number of para-hydroxylation sites is 1. The number of carbonyl (C=O) groups excluding carboxylic acids is 2. The Bertz CT molecular complexity index is 917. The van der Waals surface area contributed by atoms with Gasteiger partial charge in [-0.25, -0.2) is 0 Å². The molecule has 0 saturated carbocycles. The number of Topliss-reactive ketones (excluding diaryl/α,β-unsaturated/α-hetero) is 2. The zero-order valence-electron chi connectivity index (χ0n) is 13.7. The molecule has 7 heteroatoms. The third kappa shape index (κ3) is 2.34. The van der Waals surface area contributed by atoms with Crippen molar-refractivity contribution in [3.63, 3.8) is 0 Å². The Morgan fingerprint density at radius 2 is 1.81 bits per heavy atom. The molecule has 0 aromatic heterocycles. The molecule has 0 spiro atoms. The number of phenolic OH excluding ortho intramolecular Hbond substituents is 1. The van der Waals surface area contributed by atoms with Gasteiger partial charge in [0, 0.05) is 11.5 Å². The molecule has 0 saturated heterocycles. The summed E-state index contributed by atoms with van der Waals surface area (Å²) in [7, 11) is 0. The molecule has 3 nitrogen and oxygen atoms in total. The first-order chi connectivity index (χ1) is 12.1. The van der Waals surface area contributed by atoms with Gasteiger partial charge < -0.3 is 5.11 Å². The van der Waals surface area contributed by atoms with Crippen molar-refractivity contribution in [1.82, 2.24) is 0 Å². The van der Waals surface area contributed by atoms with Gasteiger partial charge in [0.05, 0.1) is 0 Å². The van der Waals surface area contributed by atoms with Crippen LogP contribution in [-0.2, 0) is 9.59 Å². The summed E-state index contributed by atoms with van der Waals surface area (Å²) in [6, 6.07) is 5.06. The van der Waals surface area contributed by atoms with Crippen molar-refractivity contribution < 1.29 is 14.7 Å².